The van der Waals surface area contributed by atoms with Gasteiger partial charge in [-0.25, -0.2) is 4.57 Å². The number of phosphoric acid groups is 1. The molecule has 0 aromatic heterocycles. The van der Waals surface area contributed by atoms with E-state index in [1.54, 1.807) is 0 Å². The van der Waals surface area contributed by atoms with Crippen molar-refractivity contribution in [3.8, 4) is 0 Å². The highest BCUT2D eigenvalue weighted by Gasteiger charge is 2.26. The van der Waals surface area contributed by atoms with Gasteiger partial charge < -0.3 is 20.1 Å². The summed E-state index contributed by atoms with van der Waals surface area (Å²) in [5.41, 5.74) is 5.37. The summed E-state index contributed by atoms with van der Waals surface area (Å²) in [4.78, 5) is 35.0. The summed E-state index contributed by atoms with van der Waals surface area (Å²) in [5.74, 6) is -0.829. The third-order valence-corrected chi connectivity index (χ3v) is 12.3. The Balaban J connectivity index is 3.98. The minimum Gasteiger partial charge on any atom is -0.462 e. The van der Waals surface area contributed by atoms with Crippen molar-refractivity contribution < 1.29 is 37.6 Å². The van der Waals surface area contributed by atoms with Crippen LogP contribution in [0.15, 0.2) is 36.5 Å². The molecular formula is C52H98NO8P. The van der Waals surface area contributed by atoms with E-state index >= 15 is 0 Å². The zero-order valence-electron chi connectivity index (χ0n) is 40.4. The van der Waals surface area contributed by atoms with Gasteiger partial charge in [-0.3, -0.25) is 18.6 Å². The summed E-state index contributed by atoms with van der Waals surface area (Å²) in [6.45, 7) is 3.65. The lowest BCUT2D eigenvalue weighted by Gasteiger charge is -2.19. The van der Waals surface area contributed by atoms with Crippen LogP contribution in [0.3, 0.4) is 0 Å². The Bertz CT molecular complexity index is 1110. The molecule has 0 fully saturated rings. The van der Waals surface area contributed by atoms with Crippen LogP contribution in [0.4, 0.5) is 0 Å². The second kappa shape index (κ2) is 48.7. The van der Waals surface area contributed by atoms with E-state index in [0.717, 1.165) is 64.2 Å². The van der Waals surface area contributed by atoms with E-state index in [9.17, 15) is 19.0 Å². The Kier molecular flexibility index (Phi) is 47.3. The molecule has 0 amide bonds. The Hall–Kier alpha value is -1.77. The number of hydrogen-bond acceptors (Lipinski definition) is 8. The van der Waals surface area contributed by atoms with Crippen molar-refractivity contribution in [1.29, 1.82) is 0 Å². The number of rotatable bonds is 49. The van der Waals surface area contributed by atoms with Crippen LogP contribution in [0.5, 0.6) is 0 Å². The predicted octanol–water partition coefficient (Wildman–Crippen LogP) is 15.7. The Labute approximate surface area is 382 Å². The van der Waals surface area contributed by atoms with Gasteiger partial charge in [-0.2, -0.15) is 0 Å². The molecular weight excluding hydrogens is 798 g/mol. The first-order chi connectivity index (χ1) is 30.3. The molecule has 0 aliphatic rings. The van der Waals surface area contributed by atoms with Gasteiger partial charge in [0.25, 0.3) is 0 Å². The highest BCUT2D eigenvalue weighted by atomic mass is 31.2. The van der Waals surface area contributed by atoms with Gasteiger partial charge in [0.05, 0.1) is 13.2 Å². The molecule has 0 bridgehead atoms. The highest BCUT2D eigenvalue weighted by molar-refractivity contribution is 7.47. The Morgan fingerprint density at radius 1 is 0.500 bits per heavy atom. The van der Waals surface area contributed by atoms with Crippen LogP contribution in [0.2, 0.25) is 0 Å². The van der Waals surface area contributed by atoms with Gasteiger partial charge >= 0.3 is 19.8 Å². The van der Waals surface area contributed by atoms with Gasteiger partial charge in [0, 0.05) is 19.4 Å². The Morgan fingerprint density at radius 2 is 0.887 bits per heavy atom. The molecule has 62 heavy (non-hydrogen) atoms. The number of phosphoric ester groups is 1. The molecule has 9 nitrogen and oxygen atoms in total. The summed E-state index contributed by atoms with van der Waals surface area (Å²) in [6.07, 6.45) is 56.2. The van der Waals surface area contributed by atoms with Crippen LogP contribution in [-0.2, 0) is 32.7 Å². The number of nitrogens with two attached hydrogens (primary N) is 1. The molecule has 0 aliphatic carbocycles. The maximum atomic E-state index is 12.6. The van der Waals surface area contributed by atoms with Gasteiger partial charge in [-0.05, 0) is 44.9 Å². The molecule has 0 saturated heterocycles. The van der Waals surface area contributed by atoms with Crippen molar-refractivity contribution in [3.05, 3.63) is 36.5 Å². The lowest BCUT2D eigenvalue weighted by molar-refractivity contribution is -0.161. The average Bonchev–Trinajstić information content (AvgIpc) is 3.26. The van der Waals surface area contributed by atoms with E-state index in [0.29, 0.717) is 6.42 Å². The van der Waals surface area contributed by atoms with Crippen LogP contribution >= 0.6 is 7.82 Å². The first-order valence-electron chi connectivity index (χ1n) is 26.0. The second-order valence-corrected chi connectivity index (χ2v) is 18.8. The van der Waals surface area contributed by atoms with E-state index < -0.39 is 26.5 Å². The molecule has 0 aromatic carbocycles. The van der Waals surface area contributed by atoms with E-state index in [1.165, 1.54) is 154 Å². The first kappa shape index (κ1) is 60.2. The number of hydrogen-bond donors (Lipinski definition) is 2. The van der Waals surface area contributed by atoms with Gasteiger partial charge in [-0.1, -0.05) is 230 Å². The quantitative estimate of drug-likeness (QED) is 0.0265. The largest absolute Gasteiger partial charge is 0.472 e. The third-order valence-electron chi connectivity index (χ3n) is 11.3. The molecule has 2 atom stereocenters. The van der Waals surface area contributed by atoms with Crippen LogP contribution < -0.4 is 5.73 Å². The van der Waals surface area contributed by atoms with Crippen molar-refractivity contribution in [2.75, 3.05) is 26.4 Å². The zero-order chi connectivity index (χ0) is 45.3. The van der Waals surface area contributed by atoms with Crippen LogP contribution in [0, 0.1) is 0 Å². The van der Waals surface area contributed by atoms with Gasteiger partial charge in [-0.15, -0.1) is 0 Å². The zero-order valence-corrected chi connectivity index (χ0v) is 41.3. The first-order valence-corrected chi connectivity index (χ1v) is 27.5. The number of esters is 2. The number of carbonyl (C=O) groups excluding carboxylic acids is 2. The van der Waals surface area contributed by atoms with Crippen molar-refractivity contribution in [3.63, 3.8) is 0 Å². The fourth-order valence-corrected chi connectivity index (χ4v) is 8.24. The lowest BCUT2D eigenvalue weighted by atomic mass is 10.0. The number of unbranched alkanes of at least 4 members (excludes halogenated alkanes) is 30. The van der Waals surface area contributed by atoms with Crippen molar-refractivity contribution in [2.24, 2.45) is 5.73 Å². The highest BCUT2D eigenvalue weighted by Crippen LogP contribution is 2.43. The second-order valence-electron chi connectivity index (χ2n) is 17.4. The number of carbonyl (C=O) groups is 2. The summed E-state index contributed by atoms with van der Waals surface area (Å²) in [7, 11) is -4.38. The standard InChI is InChI=1S/C52H98NO8P/c1-3-5-7-9-11-13-15-17-19-21-22-23-24-25-26-27-29-30-32-34-36-38-40-42-44-51(54)58-48-50(49-60-62(56,57)59-47-46-53)61-52(55)45-43-41-39-37-35-33-31-28-20-18-16-14-12-10-8-6-4-2/h6,8,12,14,18,20,50H,3-5,7,9-11,13,15-17,19,21-49,53H2,1-2H3,(H,56,57)/b8-6-,14-12-,20-18-. The molecule has 0 aromatic rings. The molecule has 0 aliphatic heterocycles. The third kappa shape index (κ3) is 47.7. The maximum absolute atomic E-state index is 12.6. The van der Waals surface area contributed by atoms with Crippen LogP contribution in [-0.4, -0.2) is 49.3 Å². The topological polar surface area (TPSA) is 134 Å². The molecule has 0 spiro atoms. The molecule has 10 heteroatoms. The van der Waals surface area contributed by atoms with Crippen molar-refractivity contribution in [1.82, 2.24) is 0 Å². The van der Waals surface area contributed by atoms with E-state index in [1.807, 2.05) is 0 Å². The number of ether oxygens (including phenoxy) is 2. The van der Waals surface area contributed by atoms with E-state index in [4.69, 9.17) is 24.3 Å². The summed E-state index contributed by atoms with van der Waals surface area (Å²) in [6, 6.07) is 0. The van der Waals surface area contributed by atoms with Crippen molar-refractivity contribution in [2.45, 2.75) is 258 Å². The lowest BCUT2D eigenvalue weighted by Crippen LogP contribution is -2.29. The average molecular weight is 896 g/mol. The fraction of sp³-hybridized carbons (Fsp3) is 0.846. The van der Waals surface area contributed by atoms with Gasteiger partial charge in [0.2, 0.25) is 0 Å². The van der Waals surface area contributed by atoms with Gasteiger partial charge in [0.1, 0.15) is 6.61 Å². The predicted molar refractivity (Wildman–Crippen MR) is 261 cm³/mol. The normalized spacial score (nSPS) is 13.4. The smallest absolute Gasteiger partial charge is 0.462 e. The Morgan fingerprint density at radius 3 is 1.32 bits per heavy atom. The molecule has 0 saturated carbocycles. The minimum atomic E-state index is -4.38. The maximum Gasteiger partial charge on any atom is 0.472 e. The van der Waals surface area contributed by atoms with Crippen LogP contribution in [0.1, 0.15) is 251 Å². The fourth-order valence-electron chi connectivity index (χ4n) is 7.48. The molecule has 3 N–H and O–H groups in total. The van der Waals surface area contributed by atoms with Gasteiger partial charge in [0.15, 0.2) is 6.10 Å². The summed E-state index contributed by atoms with van der Waals surface area (Å²) < 4.78 is 32.9. The van der Waals surface area contributed by atoms with Crippen molar-refractivity contribution >= 4 is 19.8 Å². The minimum absolute atomic E-state index is 0.0523. The van der Waals surface area contributed by atoms with E-state index in [-0.39, 0.29) is 38.6 Å². The molecule has 364 valence electrons. The molecule has 2 unspecified atom stereocenters. The molecule has 0 rings (SSSR count). The monoisotopic (exact) mass is 896 g/mol. The summed E-state index contributed by atoms with van der Waals surface area (Å²) >= 11 is 0. The summed E-state index contributed by atoms with van der Waals surface area (Å²) in [5, 5.41) is 0. The molecule has 0 heterocycles. The SMILES string of the molecule is CC/C=C\C/C=C\C/C=C\CCCCCCCCCC(=O)OC(COC(=O)CCCCCCCCCCCCCCCCCCCCCCCCCC)COP(=O)(O)OCCN. The number of allylic oxidation sites excluding steroid dienone is 6. The van der Waals surface area contributed by atoms with E-state index in [2.05, 4.69) is 50.3 Å². The van der Waals surface area contributed by atoms with Crippen LogP contribution in [0.25, 0.3) is 0 Å². The molecule has 0 radical (unpaired) electrons.